The topological polar surface area (TPSA) is 6.48 Å². The fourth-order valence-corrected chi connectivity index (χ4v) is 9.14. The highest BCUT2D eigenvalue weighted by molar-refractivity contribution is 6.06. The van der Waals surface area contributed by atoms with Gasteiger partial charge in [-0.1, -0.05) is 172 Å². The second-order valence-electron chi connectivity index (χ2n) is 15.8. The van der Waals surface area contributed by atoms with Crippen LogP contribution in [0, 0.1) is 6.92 Å². The van der Waals surface area contributed by atoms with E-state index >= 15 is 0 Å². The van der Waals surface area contributed by atoms with Gasteiger partial charge in [0, 0.05) is 28.0 Å². The Kier molecular flexibility index (Phi) is 8.76. The van der Waals surface area contributed by atoms with Crippen LogP contribution < -0.4 is 9.80 Å². The van der Waals surface area contributed by atoms with Gasteiger partial charge in [-0.2, -0.15) is 0 Å². The normalized spacial score (nSPS) is 12.5. The first kappa shape index (κ1) is 35.3. The molecule has 0 atom stereocenters. The van der Waals surface area contributed by atoms with Gasteiger partial charge in [0.2, 0.25) is 0 Å². The van der Waals surface area contributed by atoms with Crippen LogP contribution in [0.25, 0.3) is 44.2 Å². The summed E-state index contributed by atoms with van der Waals surface area (Å²) in [6.07, 6.45) is 0. The maximum atomic E-state index is 2.50. The van der Waals surface area contributed by atoms with Crippen LogP contribution >= 0.6 is 0 Å². The second kappa shape index (κ2) is 14.4. The average Bonchev–Trinajstić information content (AvgIpc) is 3.51. The van der Waals surface area contributed by atoms with Crippen LogP contribution in [0.5, 0.6) is 0 Å². The predicted octanol–water partition coefficient (Wildman–Crippen LogP) is 15.7. The number of para-hydroxylation sites is 3. The van der Waals surface area contributed by atoms with Gasteiger partial charge in [0.1, 0.15) is 0 Å². The molecule has 0 radical (unpaired) electrons. The van der Waals surface area contributed by atoms with Crippen LogP contribution in [0.15, 0.2) is 212 Å². The summed E-state index contributed by atoms with van der Waals surface area (Å²) in [5.74, 6) is 0. The summed E-state index contributed by atoms with van der Waals surface area (Å²) in [5, 5.41) is 2.43. The van der Waals surface area contributed by atoms with Crippen molar-refractivity contribution < 1.29 is 0 Å². The zero-order valence-electron chi connectivity index (χ0n) is 33.1. The van der Waals surface area contributed by atoms with Crippen molar-refractivity contribution in [2.24, 2.45) is 0 Å². The molecular formula is C56H44N2. The quantitative estimate of drug-likeness (QED) is 0.153. The number of fused-ring (bicyclic) bond motifs is 4. The summed E-state index contributed by atoms with van der Waals surface area (Å²) in [6.45, 7) is 6.99. The van der Waals surface area contributed by atoms with Crippen molar-refractivity contribution in [3.8, 4) is 33.4 Å². The molecule has 2 heteroatoms. The van der Waals surface area contributed by atoms with Gasteiger partial charge >= 0.3 is 0 Å². The van der Waals surface area contributed by atoms with Crippen molar-refractivity contribution in [1.29, 1.82) is 0 Å². The van der Waals surface area contributed by atoms with Gasteiger partial charge in [-0.05, 0) is 117 Å². The van der Waals surface area contributed by atoms with Crippen LogP contribution in [0.4, 0.5) is 34.1 Å². The van der Waals surface area contributed by atoms with Gasteiger partial charge in [0.05, 0.1) is 17.1 Å². The SMILES string of the molecule is Cc1cccc2c1-c1ccc(N(c3ccccc3N(c3ccccc3)c3ccc(-c4ccccc4)cc3)c3ccc4ccccc4c3-c3ccccc3)cc1C2(C)C. The fraction of sp³-hybridized carbons (Fsp3) is 0.0714. The zero-order valence-corrected chi connectivity index (χ0v) is 33.1. The molecule has 0 heterocycles. The van der Waals surface area contributed by atoms with Crippen LogP contribution in [0.3, 0.4) is 0 Å². The number of nitrogens with zero attached hydrogens (tertiary/aromatic N) is 2. The maximum Gasteiger partial charge on any atom is 0.0702 e. The lowest BCUT2D eigenvalue weighted by Crippen LogP contribution is -2.19. The maximum absolute atomic E-state index is 2.50. The third kappa shape index (κ3) is 5.97. The largest absolute Gasteiger partial charge is 0.308 e. The summed E-state index contributed by atoms with van der Waals surface area (Å²) in [5.41, 5.74) is 17.9. The van der Waals surface area contributed by atoms with Crippen LogP contribution in [0.2, 0.25) is 0 Å². The minimum Gasteiger partial charge on any atom is -0.308 e. The first-order chi connectivity index (χ1) is 28.5. The smallest absolute Gasteiger partial charge is 0.0702 e. The molecule has 1 aliphatic rings. The van der Waals surface area contributed by atoms with E-state index in [-0.39, 0.29) is 5.41 Å². The summed E-state index contributed by atoms with van der Waals surface area (Å²) >= 11 is 0. The van der Waals surface area contributed by atoms with E-state index in [2.05, 4.69) is 243 Å². The molecule has 0 aromatic heterocycles. The molecule has 58 heavy (non-hydrogen) atoms. The van der Waals surface area contributed by atoms with Crippen molar-refractivity contribution >= 4 is 44.9 Å². The molecule has 0 amide bonds. The van der Waals surface area contributed by atoms with Crippen LogP contribution in [0.1, 0.15) is 30.5 Å². The molecule has 0 unspecified atom stereocenters. The molecule has 0 spiro atoms. The predicted molar refractivity (Wildman–Crippen MR) is 246 cm³/mol. The molecule has 0 fully saturated rings. The van der Waals surface area contributed by atoms with Crippen molar-refractivity contribution in [2.75, 3.05) is 9.80 Å². The Hall–Kier alpha value is -7.16. The lowest BCUT2D eigenvalue weighted by molar-refractivity contribution is 0.660. The highest BCUT2D eigenvalue weighted by Gasteiger charge is 2.37. The Morgan fingerprint density at radius 1 is 0.362 bits per heavy atom. The van der Waals surface area contributed by atoms with E-state index < -0.39 is 0 Å². The van der Waals surface area contributed by atoms with Crippen LogP contribution in [-0.2, 0) is 5.41 Å². The summed E-state index contributed by atoms with van der Waals surface area (Å²) in [7, 11) is 0. The Labute approximate surface area is 341 Å². The molecule has 0 saturated carbocycles. The number of hydrogen-bond donors (Lipinski definition) is 0. The number of rotatable bonds is 8. The number of anilines is 6. The third-order valence-electron chi connectivity index (χ3n) is 12.0. The standard InChI is InChI=1S/C56H44N2/c1-39-18-17-27-49-54(39)48-36-35-46(38-50(48)56(49,2)3)58(53-37-32-42-21-13-14-26-47(42)55(53)43-22-9-5-10-23-43)52-29-16-15-28-51(52)57(44-24-11-6-12-25-44)45-33-30-41(31-34-45)40-19-7-4-8-20-40/h4-38H,1-3H3. The van der Waals surface area contributed by atoms with Crippen LogP contribution in [-0.4, -0.2) is 0 Å². The lowest BCUT2D eigenvalue weighted by atomic mass is 9.82. The van der Waals surface area contributed by atoms with E-state index in [0.717, 1.165) is 34.1 Å². The Bertz CT molecular complexity index is 2910. The van der Waals surface area contributed by atoms with Gasteiger partial charge in [-0.15, -0.1) is 0 Å². The zero-order chi connectivity index (χ0) is 39.2. The van der Waals surface area contributed by atoms with Crippen molar-refractivity contribution in [3.05, 3.63) is 229 Å². The third-order valence-corrected chi connectivity index (χ3v) is 12.0. The minimum absolute atomic E-state index is 0.167. The summed E-state index contributed by atoms with van der Waals surface area (Å²) in [6, 6.07) is 77.4. The molecule has 0 bridgehead atoms. The molecular weight excluding hydrogens is 701 g/mol. The molecule has 2 nitrogen and oxygen atoms in total. The molecule has 0 aliphatic heterocycles. The minimum atomic E-state index is -0.167. The van der Waals surface area contributed by atoms with Crippen molar-refractivity contribution in [3.63, 3.8) is 0 Å². The molecule has 278 valence electrons. The summed E-state index contributed by atoms with van der Waals surface area (Å²) < 4.78 is 0. The first-order valence-electron chi connectivity index (χ1n) is 20.2. The van der Waals surface area contributed by atoms with Gasteiger partial charge < -0.3 is 9.80 Å². The number of aryl methyl sites for hydroxylation is 1. The summed E-state index contributed by atoms with van der Waals surface area (Å²) in [4.78, 5) is 4.90. The Balaban J connectivity index is 1.24. The molecule has 0 saturated heterocycles. The Morgan fingerprint density at radius 3 is 1.66 bits per heavy atom. The lowest BCUT2D eigenvalue weighted by Gasteiger charge is -2.35. The number of hydrogen-bond acceptors (Lipinski definition) is 2. The van der Waals surface area contributed by atoms with Crippen molar-refractivity contribution in [2.45, 2.75) is 26.2 Å². The van der Waals surface area contributed by atoms with E-state index in [1.54, 1.807) is 0 Å². The highest BCUT2D eigenvalue weighted by atomic mass is 15.2. The average molecular weight is 745 g/mol. The first-order valence-corrected chi connectivity index (χ1v) is 20.2. The van der Waals surface area contributed by atoms with E-state index in [1.807, 2.05) is 0 Å². The molecule has 1 aliphatic carbocycles. The molecule has 9 aromatic rings. The van der Waals surface area contributed by atoms with E-state index in [1.165, 1.54) is 60.8 Å². The van der Waals surface area contributed by atoms with E-state index in [4.69, 9.17) is 0 Å². The van der Waals surface area contributed by atoms with E-state index in [9.17, 15) is 0 Å². The van der Waals surface area contributed by atoms with Gasteiger partial charge in [-0.25, -0.2) is 0 Å². The van der Waals surface area contributed by atoms with Gasteiger partial charge in [-0.3, -0.25) is 0 Å². The van der Waals surface area contributed by atoms with Gasteiger partial charge in [0.25, 0.3) is 0 Å². The monoisotopic (exact) mass is 744 g/mol. The second-order valence-corrected chi connectivity index (χ2v) is 15.8. The number of benzene rings is 9. The fourth-order valence-electron chi connectivity index (χ4n) is 9.14. The van der Waals surface area contributed by atoms with E-state index in [0.29, 0.717) is 0 Å². The van der Waals surface area contributed by atoms with Gasteiger partial charge in [0.15, 0.2) is 0 Å². The van der Waals surface area contributed by atoms with Crippen molar-refractivity contribution in [1.82, 2.24) is 0 Å². The molecule has 10 rings (SSSR count). The highest BCUT2D eigenvalue weighted by Crippen LogP contribution is 2.54. The molecule has 9 aromatic carbocycles. The Morgan fingerprint density at radius 2 is 0.931 bits per heavy atom. The molecule has 0 N–H and O–H groups in total.